The Bertz CT molecular complexity index is 416. The zero-order valence-electron chi connectivity index (χ0n) is 10.8. The predicted octanol–water partition coefficient (Wildman–Crippen LogP) is 2.14. The van der Waals surface area contributed by atoms with E-state index in [1.165, 1.54) is 12.1 Å². The van der Waals surface area contributed by atoms with Gasteiger partial charge in [0.1, 0.15) is 5.82 Å². The summed E-state index contributed by atoms with van der Waals surface area (Å²) in [6.45, 7) is 1.18. The van der Waals surface area contributed by atoms with Crippen LogP contribution in [0.4, 0.5) is 10.1 Å². The average Bonchev–Trinajstić information content (AvgIpc) is 2.70. The van der Waals surface area contributed by atoms with Crippen LogP contribution >= 0.6 is 0 Å². The topological polar surface area (TPSA) is 49.5 Å². The van der Waals surface area contributed by atoms with E-state index in [0.717, 1.165) is 31.2 Å². The number of likely N-dealkylation sites (N-methyl/N-ethyl adjacent to an activating group) is 1. The second-order valence-corrected chi connectivity index (χ2v) is 5.45. The van der Waals surface area contributed by atoms with Crippen LogP contribution in [0.15, 0.2) is 18.2 Å². The van der Waals surface area contributed by atoms with Crippen LogP contribution in [0.3, 0.4) is 0 Å². The summed E-state index contributed by atoms with van der Waals surface area (Å²) in [5, 5.41) is 10.3. The fourth-order valence-corrected chi connectivity index (χ4v) is 2.75. The third-order valence-corrected chi connectivity index (χ3v) is 3.64. The summed E-state index contributed by atoms with van der Waals surface area (Å²) in [6, 6.07) is 4.41. The molecule has 1 aromatic carbocycles. The van der Waals surface area contributed by atoms with E-state index >= 15 is 0 Å². The highest BCUT2D eigenvalue weighted by molar-refractivity contribution is 5.46. The minimum Gasteiger partial charge on any atom is -0.398 e. The lowest BCUT2D eigenvalue weighted by Gasteiger charge is -2.28. The molecule has 3 nitrogen and oxygen atoms in total. The van der Waals surface area contributed by atoms with Crippen molar-refractivity contribution in [1.82, 2.24) is 4.90 Å². The van der Waals surface area contributed by atoms with E-state index in [2.05, 4.69) is 0 Å². The largest absolute Gasteiger partial charge is 0.398 e. The first-order chi connectivity index (χ1) is 8.48. The van der Waals surface area contributed by atoms with Crippen molar-refractivity contribution in [3.8, 4) is 0 Å². The smallest absolute Gasteiger partial charge is 0.123 e. The molecule has 0 atom stereocenters. The van der Waals surface area contributed by atoms with Crippen molar-refractivity contribution in [2.24, 2.45) is 0 Å². The maximum absolute atomic E-state index is 13.2. The van der Waals surface area contributed by atoms with Gasteiger partial charge in [0.25, 0.3) is 0 Å². The maximum Gasteiger partial charge on any atom is 0.123 e. The van der Waals surface area contributed by atoms with Crippen molar-refractivity contribution < 1.29 is 9.50 Å². The Kier molecular flexibility index (Phi) is 3.88. The van der Waals surface area contributed by atoms with Crippen LogP contribution in [0.5, 0.6) is 0 Å². The molecular weight excluding hydrogens is 231 g/mol. The molecule has 1 aromatic rings. The van der Waals surface area contributed by atoms with Gasteiger partial charge in [0.2, 0.25) is 0 Å². The van der Waals surface area contributed by atoms with Crippen LogP contribution in [0.25, 0.3) is 0 Å². The van der Waals surface area contributed by atoms with E-state index in [0.29, 0.717) is 18.8 Å². The van der Waals surface area contributed by atoms with Gasteiger partial charge in [0.15, 0.2) is 0 Å². The SMILES string of the molecule is CN(Cc1cc(F)ccc1N)CC1(O)CCCC1. The van der Waals surface area contributed by atoms with Gasteiger partial charge in [-0.15, -0.1) is 0 Å². The summed E-state index contributed by atoms with van der Waals surface area (Å²) >= 11 is 0. The third-order valence-electron chi connectivity index (χ3n) is 3.64. The van der Waals surface area contributed by atoms with Crippen molar-refractivity contribution in [3.63, 3.8) is 0 Å². The molecule has 1 saturated carbocycles. The number of nitrogen functional groups attached to an aromatic ring is 1. The molecule has 0 spiro atoms. The van der Waals surface area contributed by atoms with Gasteiger partial charge in [-0.25, -0.2) is 4.39 Å². The van der Waals surface area contributed by atoms with Gasteiger partial charge < -0.3 is 10.8 Å². The molecule has 18 heavy (non-hydrogen) atoms. The van der Waals surface area contributed by atoms with E-state index in [9.17, 15) is 9.50 Å². The summed E-state index contributed by atoms with van der Waals surface area (Å²) in [5.74, 6) is -0.271. The zero-order valence-corrected chi connectivity index (χ0v) is 10.8. The first-order valence-corrected chi connectivity index (χ1v) is 6.43. The Balaban J connectivity index is 1.98. The molecule has 0 unspecified atom stereocenters. The number of hydrogen-bond acceptors (Lipinski definition) is 3. The summed E-state index contributed by atoms with van der Waals surface area (Å²) in [5.41, 5.74) is 6.63. The molecule has 3 N–H and O–H groups in total. The van der Waals surface area contributed by atoms with Crippen LogP contribution in [0.2, 0.25) is 0 Å². The Morgan fingerprint density at radius 3 is 2.72 bits per heavy atom. The minimum absolute atomic E-state index is 0.271. The molecule has 0 saturated heterocycles. The molecule has 0 aliphatic heterocycles. The molecule has 0 bridgehead atoms. The molecule has 1 aliphatic rings. The molecule has 0 heterocycles. The summed E-state index contributed by atoms with van der Waals surface area (Å²) in [4.78, 5) is 2.01. The second-order valence-electron chi connectivity index (χ2n) is 5.45. The summed E-state index contributed by atoms with van der Waals surface area (Å²) in [7, 11) is 1.93. The van der Waals surface area contributed by atoms with Crippen molar-refractivity contribution in [2.45, 2.75) is 37.8 Å². The zero-order chi connectivity index (χ0) is 13.2. The second kappa shape index (κ2) is 5.24. The third kappa shape index (κ3) is 3.21. The van der Waals surface area contributed by atoms with Crippen LogP contribution in [-0.2, 0) is 6.54 Å². The Morgan fingerprint density at radius 2 is 2.06 bits per heavy atom. The number of nitrogens with zero attached hydrogens (tertiary/aromatic N) is 1. The maximum atomic E-state index is 13.2. The molecule has 1 fully saturated rings. The molecule has 0 aromatic heterocycles. The molecule has 4 heteroatoms. The molecule has 100 valence electrons. The van der Waals surface area contributed by atoms with Crippen molar-refractivity contribution in [2.75, 3.05) is 19.3 Å². The quantitative estimate of drug-likeness (QED) is 0.807. The highest BCUT2D eigenvalue weighted by atomic mass is 19.1. The number of anilines is 1. The highest BCUT2D eigenvalue weighted by Gasteiger charge is 2.32. The number of aliphatic hydroxyl groups is 1. The van der Waals surface area contributed by atoms with Gasteiger partial charge in [0.05, 0.1) is 5.60 Å². The van der Waals surface area contributed by atoms with Gasteiger partial charge in [-0.1, -0.05) is 12.8 Å². The number of hydrogen-bond donors (Lipinski definition) is 2. The number of benzene rings is 1. The first kappa shape index (κ1) is 13.3. The van der Waals surface area contributed by atoms with E-state index in [4.69, 9.17) is 5.73 Å². The van der Waals surface area contributed by atoms with Gasteiger partial charge in [-0.3, -0.25) is 4.90 Å². The Morgan fingerprint density at radius 1 is 1.39 bits per heavy atom. The van der Waals surface area contributed by atoms with Gasteiger partial charge in [-0.05, 0) is 43.7 Å². The van der Waals surface area contributed by atoms with Gasteiger partial charge in [-0.2, -0.15) is 0 Å². The normalized spacial score (nSPS) is 18.4. The van der Waals surface area contributed by atoms with Gasteiger partial charge >= 0.3 is 0 Å². The lowest BCUT2D eigenvalue weighted by Crippen LogP contribution is -2.38. The van der Waals surface area contributed by atoms with Crippen LogP contribution in [0, 0.1) is 5.82 Å². The van der Waals surface area contributed by atoms with E-state index in [1.54, 1.807) is 6.07 Å². The fourth-order valence-electron chi connectivity index (χ4n) is 2.75. The van der Waals surface area contributed by atoms with Crippen LogP contribution in [-0.4, -0.2) is 29.2 Å². The predicted molar refractivity (Wildman–Crippen MR) is 70.6 cm³/mol. The van der Waals surface area contributed by atoms with Crippen molar-refractivity contribution in [1.29, 1.82) is 0 Å². The molecule has 1 aliphatic carbocycles. The first-order valence-electron chi connectivity index (χ1n) is 6.43. The van der Waals surface area contributed by atoms with E-state index in [-0.39, 0.29) is 5.82 Å². The lowest BCUT2D eigenvalue weighted by molar-refractivity contribution is 0.0145. The fraction of sp³-hybridized carbons (Fsp3) is 0.571. The molecule has 2 rings (SSSR count). The number of rotatable bonds is 4. The molecule has 0 radical (unpaired) electrons. The Hall–Kier alpha value is -1.13. The monoisotopic (exact) mass is 252 g/mol. The van der Waals surface area contributed by atoms with E-state index < -0.39 is 5.60 Å². The van der Waals surface area contributed by atoms with Crippen molar-refractivity contribution in [3.05, 3.63) is 29.6 Å². The lowest BCUT2D eigenvalue weighted by atomic mass is 10.0. The van der Waals surface area contributed by atoms with Crippen molar-refractivity contribution >= 4 is 5.69 Å². The van der Waals surface area contributed by atoms with Crippen LogP contribution < -0.4 is 5.73 Å². The molecular formula is C14H21FN2O. The highest BCUT2D eigenvalue weighted by Crippen LogP contribution is 2.30. The number of halogens is 1. The average molecular weight is 252 g/mol. The Labute approximate surface area is 107 Å². The van der Waals surface area contributed by atoms with Crippen LogP contribution in [0.1, 0.15) is 31.2 Å². The molecule has 0 amide bonds. The minimum atomic E-state index is -0.573. The summed E-state index contributed by atoms with van der Waals surface area (Å²) < 4.78 is 13.2. The standard InChI is InChI=1S/C14H21FN2O/c1-17(10-14(18)6-2-3-7-14)9-11-8-12(15)4-5-13(11)16/h4-5,8,18H,2-3,6-7,9-10,16H2,1H3. The summed E-state index contributed by atoms with van der Waals surface area (Å²) in [6.07, 6.45) is 3.89. The van der Waals surface area contributed by atoms with E-state index in [1.807, 2.05) is 11.9 Å². The number of nitrogens with two attached hydrogens (primary N) is 1. The van der Waals surface area contributed by atoms with Gasteiger partial charge in [0, 0.05) is 18.8 Å².